The van der Waals surface area contributed by atoms with Crippen molar-refractivity contribution >= 4 is 5.69 Å². The first-order valence-electron chi connectivity index (χ1n) is 6.71. The number of nitrogens with one attached hydrogen (secondary N) is 1. The molecule has 0 fully saturated rings. The van der Waals surface area contributed by atoms with Crippen LogP contribution in [-0.4, -0.2) is 0 Å². The average Bonchev–Trinajstić information content (AvgIpc) is 2.92. The van der Waals surface area contributed by atoms with Crippen LogP contribution in [0.25, 0.3) is 0 Å². The third kappa shape index (κ3) is 2.32. The van der Waals surface area contributed by atoms with Gasteiger partial charge in [0.2, 0.25) is 0 Å². The molecule has 3 rings (SSSR count). The van der Waals surface area contributed by atoms with Crippen molar-refractivity contribution in [3.63, 3.8) is 0 Å². The van der Waals surface area contributed by atoms with Gasteiger partial charge in [0.25, 0.3) is 0 Å². The molecule has 1 unspecified atom stereocenters. The number of halogens is 1. The number of nitrogens with zero attached hydrogens (tertiary/aromatic N) is 2. The van der Waals surface area contributed by atoms with E-state index in [4.69, 9.17) is 10.5 Å². The molecule has 21 heavy (non-hydrogen) atoms. The van der Waals surface area contributed by atoms with E-state index in [0.717, 1.165) is 23.2 Å². The Kier molecular flexibility index (Phi) is 3.30. The second-order valence-corrected chi connectivity index (χ2v) is 5.03. The van der Waals surface area contributed by atoms with Gasteiger partial charge in [0.15, 0.2) is 0 Å². The van der Waals surface area contributed by atoms with Crippen LogP contribution in [0.3, 0.4) is 0 Å². The summed E-state index contributed by atoms with van der Waals surface area (Å²) in [6.07, 6.45) is 1.53. The van der Waals surface area contributed by atoms with Gasteiger partial charge in [-0.15, -0.1) is 0 Å². The van der Waals surface area contributed by atoms with Crippen LogP contribution in [0.5, 0.6) is 0 Å². The second kappa shape index (κ2) is 5.26. The van der Waals surface area contributed by atoms with Crippen LogP contribution in [0.15, 0.2) is 36.4 Å². The molecule has 0 saturated carbocycles. The predicted molar refractivity (Wildman–Crippen MR) is 77.0 cm³/mol. The van der Waals surface area contributed by atoms with Gasteiger partial charge in [-0.25, -0.2) is 4.39 Å². The molecule has 0 heterocycles. The number of anilines is 1. The lowest BCUT2D eigenvalue weighted by molar-refractivity contribution is 0.612. The first-order chi connectivity index (χ1) is 10.2. The normalized spacial score (nSPS) is 15.9. The SMILES string of the molecule is N#Cc1ccc(NC2CCc3c(F)cccc32)cc1C#N. The van der Waals surface area contributed by atoms with Gasteiger partial charge in [0.1, 0.15) is 18.0 Å². The number of fused-ring (bicyclic) bond motifs is 1. The van der Waals surface area contributed by atoms with E-state index in [0.29, 0.717) is 17.5 Å². The number of hydrogen-bond acceptors (Lipinski definition) is 3. The number of rotatable bonds is 2. The van der Waals surface area contributed by atoms with Crippen LogP contribution < -0.4 is 5.32 Å². The fourth-order valence-corrected chi connectivity index (χ4v) is 2.78. The Labute approximate surface area is 122 Å². The fraction of sp³-hybridized carbons (Fsp3) is 0.176. The molecular weight excluding hydrogens is 265 g/mol. The molecule has 2 aromatic rings. The minimum absolute atomic E-state index is 0.0372. The Balaban J connectivity index is 1.89. The zero-order valence-corrected chi connectivity index (χ0v) is 11.2. The summed E-state index contributed by atoms with van der Waals surface area (Å²) in [7, 11) is 0. The zero-order valence-electron chi connectivity index (χ0n) is 11.2. The van der Waals surface area contributed by atoms with E-state index in [1.54, 1.807) is 24.3 Å². The van der Waals surface area contributed by atoms with Gasteiger partial charge in [-0.3, -0.25) is 0 Å². The standard InChI is InChI=1S/C17H12FN3/c18-16-3-1-2-15-14(16)6-7-17(15)21-13-5-4-11(9-19)12(8-13)10-20/h1-5,8,17,21H,6-7H2. The zero-order chi connectivity index (χ0) is 14.8. The van der Waals surface area contributed by atoms with Crippen molar-refractivity contribution in [1.29, 1.82) is 10.5 Å². The van der Waals surface area contributed by atoms with Crippen molar-refractivity contribution in [3.8, 4) is 12.1 Å². The molecule has 1 N–H and O–H groups in total. The van der Waals surface area contributed by atoms with Crippen molar-refractivity contribution in [1.82, 2.24) is 0 Å². The van der Waals surface area contributed by atoms with Crippen molar-refractivity contribution in [2.24, 2.45) is 0 Å². The van der Waals surface area contributed by atoms with Crippen molar-refractivity contribution in [2.45, 2.75) is 18.9 Å². The van der Waals surface area contributed by atoms with E-state index in [1.807, 2.05) is 18.2 Å². The monoisotopic (exact) mass is 277 g/mol. The van der Waals surface area contributed by atoms with E-state index in [9.17, 15) is 4.39 Å². The third-order valence-corrected chi connectivity index (χ3v) is 3.81. The molecule has 0 spiro atoms. The first-order valence-corrected chi connectivity index (χ1v) is 6.71. The highest BCUT2D eigenvalue weighted by molar-refractivity contribution is 5.57. The van der Waals surface area contributed by atoms with Gasteiger partial charge in [0.05, 0.1) is 17.2 Å². The van der Waals surface area contributed by atoms with Gasteiger partial charge < -0.3 is 5.32 Å². The summed E-state index contributed by atoms with van der Waals surface area (Å²) in [6.45, 7) is 0. The molecule has 0 radical (unpaired) electrons. The van der Waals surface area contributed by atoms with Crippen molar-refractivity contribution in [2.75, 3.05) is 5.32 Å². The Morgan fingerprint density at radius 1 is 1.10 bits per heavy atom. The van der Waals surface area contributed by atoms with Crippen molar-refractivity contribution < 1.29 is 4.39 Å². The molecule has 0 aliphatic heterocycles. The lowest BCUT2D eigenvalue weighted by Gasteiger charge is -2.16. The highest BCUT2D eigenvalue weighted by Crippen LogP contribution is 2.35. The molecule has 1 atom stereocenters. The summed E-state index contributed by atoms with van der Waals surface area (Å²) in [5.41, 5.74) is 3.22. The molecule has 1 aliphatic rings. The van der Waals surface area contributed by atoms with E-state index >= 15 is 0 Å². The van der Waals surface area contributed by atoms with E-state index in [2.05, 4.69) is 5.32 Å². The van der Waals surface area contributed by atoms with Crippen LogP contribution in [0.2, 0.25) is 0 Å². The maximum absolute atomic E-state index is 13.7. The fourth-order valence-electron chi connectivity index (χ4n) is 2.78. The van der Waals surface area contributed by atoms with E-state index in [-0.39, 0.29) is 11.9 Å². The minimum atomic E-state index is -0.158. The average molecular weight is 277 g/mol. The van der Waals surface area contributed by atoms with Gasteiger partial charge in [-0.05, 0) is 48.2 Å². The Morgan fingerprint density at radius 2 is 1.90 bits per heavy atom. The van der Waals surface area contributed by atoms with Crippen LogP contribution in [0.4, 0.5) is 10.1 Å². The van der Waals surface area contributed by atoms with E-state index < -0.39 is 0 Å². The number of hydrogen-bond donors (Lipinski definition) is 1. The third-order valence-electron chi connectivity index (χ3n) is 3.81. The van der Waals surface area contributed by atoms with Gasteiger partial charge >= 0.3 is 0 Å². The smallest absolute Gasteiger partial charge is 0.126 e. The molecule has 0 saturated heterocycles. The largest absolute Gasteiger partial charge is 0.378 e. The summed E-state index contributed by atoms with van der Waals surface area (Å²) < 4.78 is 13.7. The Bertz CT molecular complexity index is 784. The maximum atomic E-state index is 13.7. The summed E-state index contributed by atoms with van der Waals surface area (Å²) >= 11 is 0. The van der Waals surface area contributed by atoms with E-state index in [1.165, 1.54) is 6.07 Å². The lowest BCUT2D eigenvalue weighted by atomic mass is 10.1. The molecule has 0 aromatic heterocycles. The highest BCUT2D eigenvalue weighted by Gasteiger charge is 2.24. The van der Waals surface area contributed by atoms with Gasteiger partial charge in [0, 0.05) is 5.69 Å². The maximum Gasteiger partial charge on any atom is 0.126 e. The minimum Gasteiger partial charge on any atom is -0.378 e. The molecule has 0 bridgehead atoms. The molecule has 3 nitrogen and oxygen atoms in total. The predicted octanol–water partition coefficient (Wildman–Crippen LogP) is 3.67. The molecule has 0 amide bonds. The van der Waals surface area contributed by atoms with Crippen LogP contribution >= 0.6 is 0 Å². The summed E-state index contributed by atoms with van der Waals surface area (Å²) in [5, 5.41) is 21.3. The quantitative estimate of drug-likeness (QED) is 0.911. The Morgan fingerprint density at radius 3 is 2.67 bits per heavy atom. The molecule has 2 aromatic carbocycles. The van der Waals surface area contributed by atoms with Crippen LogP contribution in [0.1, 0.15) is 34.7 Å². The Hall–Kier alpha value is -2.85. The molecule has 102 valence electrons. The van der Waals surface area contributed by atoms with Crippen LogP contribution in [0, 0.1) is 28.5 Å². The number of benzene rings is 2. The lowest BCUT2D eigenvalue weighted by Crippen LogP contribution is -2.07. The highest BCUT2D eigenvalue weighted by atomic mass is 19.1. The summed E-state index contributed by atoms with van der Waals surface area (Å²) in [5.74, 6) is -0.158. The van der Waals surface area contributed by atoms with Crippen molar-refractivity contribution in [3.05, 3.63) is 64.5 Å². The van der Waals surface area contributed by atoms with Crippen LogP contribution in [-0.2, 0) is 6.42 Å². The summed E-state index contributed by atoms with van der Waals surface area (Å²) in [4.78, 5) is 0. The topological polar surface area (TPSA) is 59.6 Å². The van der Waals surface area contributed by atoms with Gasteiger partial charge in [-0.2, -0.15) is 10.5 Å². The molecule has 4 heteroatoms. The molecule has 1 aliphatic carbocycles. The molecular formula is C17H12FN3. The number of nitriles is 2. The first kappa shape index (κ1) is 13.1. The van der Waals surface area contributed by atoms with Gasteiger partial charge in [-0.1, -0.05) is 12.1 Å². The summed E-state index contributed by atoms with van der Waals surface area (Å²) in [6, 6.07) is 14.2. The second-order valence-electron chi connectivity index (χ2n) is 5.03.